The highest BCUT2D eigenvalue weighted by atomic mass is 31.2. The van der Waals surface area contributed by atoms with Crippen molar-refractivity contribution in [1.82, 2.24) is 0 Å². The summed E-state index contributed by atoms with van der Waals surface area (Å²) in [4.78, 5) is 72.6. The number of esters is 4. The van der Waals surface area contributed by atoms with E-state index in [1.54, 1.807) is 0 Å². The van der Waals surface area contributed by atoms with Gasteiger partial charge in [0, 0.05) is 25.7 Å². The SMILES string of the molecule is CCC(C)CCCCCCCCCCCCC(=O)O[C@H](COC(=O)CCCCCCCCC(C)CC)COP(=O)(O)OC[C@H](O)COP(=O)(O)OC[C@@H](COC(=O)CCCCCCCCCCCCCCCCCC(C)C)OC(=O)CCCCCCCCC(C)CC. The summed E-state index contributed by atoms with van der Waals surface area (Å²) in [7, 11) is -9.91. The number of aliphatic hydroxyl groups is 1. The fraction of sp³-hybridized carbons (Fsp3) is 0.945. The van der Waals surface area contributed by atoms with Gasteiger partial charge in [0.1, 0.15) is 19.3 Å². The summed E-state index contributed by atoms with van der Waals surface area (Å²) in [5.74, 6) is 0.931. The Bertz CT molecular complexity index is 1820. The van der Waals surface area contributed by atoms with Crippen LogP contribution in [0.1, 0.15) is 364 Å². The quantitative estimate of drug-likeness (QED) is 0.0222. The molecular formula is C73H142O17P2. The topological polar surface area (TPSA) is 237 Å². The lowest BCUT2D eigenvalue weighted by Gasteiger charge is -2.21. The predicted molar refractivity (Wildman–Crippen MR) is 372 cm³/mol. The Kier molecular flexibility index (Phi) is 61.3. The smallest absolute Gasteiger partial charge is 0.462 e. The fourth-order valence-electron chi connectivity index (χ4n) is 10.9. The van der Waals surface area contributed by atoms with E-state index in [0.29, 0.717) is 25.7 Å². The van der Waals surface area contributed by atoms with Crippen LogP contribution >= 0.6 is 15.6 Å². The highest BCUT2D eigenvalue weighted by molar-refractivity contribution is 7.47. The standard InChI is InChI=1S/C73H142O17P2/c1-9-64(6)50-42-34-26-22-19-20-24-28-39-47-55-72(77)89-68(60-84-71(76)54-46-38-31-29-35-43-51-65(7)10-2)61-87-91(79,80)85-57-67(74)58-86-92(81,82)88-62-69(90-73(78)56-48-40-32-30-36-44-52-66(8)11-3)59-83-70(75)53-45-37-27-23-18-16-14-12-13-15-17-21-25-33-41-49-63(4)5/h63-69,74H,9-62H2,1-8H3,(H,79,80)(H,81,82)/t64?,65?,66?,67-,68+,69+/m0/s1. The lowest BCUT2D eigenvalue weighted by Crippen LogP contribution is -2.30. The van der Waals surface area contributed by atoms with E-state index in [0.717, 1.165) is 120 Å². The molecule has 0 saturated heterocycles. The summed E-state index contributed by atoms with van der Waals surface area (Å²) in [6, 6.07) is 0. The number of phosphoric ester groups is 2. The molecule has 546 valence electrons. The van der Waals surface area contributed by atoms with Gasteiger partial charge in [0.25, 0.3) is 0 Å². The highest BCUT2D eigenvalue weighted by Crippen LogP contribution is 2.45. The second-order valence-electron chi connectivity index (χ2n) is 27.5. The van der Waals surface area contributed by atoms with Gasteiger partial charge >= 0.3 is 39.5 Å². The van der Waals surface area contributed by atoms with Crippen LogP contribution < -0.4 is 0 Å². The average Bonchev–Trinajstić information content (AvgIpc) is 2.63. The summed E-state index contributed by atoms with van der Waals surface area (Å²) >= 11 is 0. The van der Waals surface area contributed by atoms with E-state index in [2.05, 4.69) is 55.4 Å². The fourth-order valence-corrected chi connectivity index (χ4v) is 12.5. The van der Waals surface area contributed by atoms with Crippen molar-refractivity contribution in [2.24, 2.45) is 23.7 Å². The van der Waals surface area contributed by atoms with Gasteiger partial charge in [-0.1, -0.05) is 312 Å². The first-order valence-corrected chi connectivity index (χ1v) is 40.8. The van der Waals surface area contributed by atoms with Crippen molar-refractivity contribution >= 4 is 39.5 Å². The molecule has 0 aromatic heterocycles. The third-order valence-electron chi connectivity index (χ3n) is 17.9. The molecule has 19 heteroatoms. The van der Waals surface area contributed by atoms with Crippen LogP contribution in [0, 0.1) is 23.7 Å². The van der Waals surface area contributed by atoms with Gasteiger partial charge in [0.2, 0.25) is 0 Å². The van der Waals surface area contributed by atoms with E-state index in [1.165, 1.54) is 161 Å². The minimum absolute atomic E-state index is 0.103. The average molecular weight is 1350 g/mol. The number of aliphatic hydroxyl groups excluding tert-OH is 1. The van der Waals surface area contributed by atoms with Crippen molar-refractivity contribution < 1.29 is 80.2 Å². The molecule has 0 aliphatic carbocycles. The van der Waals surface area contributed by atoms with Crippen LogP contribution in [0.25, 0.3) is 0 Å². The number of unbranched alkanes of at least 4 members (excludes halogenated alkanes) is 33. The summed E-state index contributed by atoms with van der Waals surface area (Å²) in [5.41, 5.74) is 0. The third kappa shape index (κ3) is 62.8. The summed E-state index contributed by atoms with van der Waals surface area (Å²) in [6.07, 6.45) is 45.9. The van der Waals surface area contributed by atoms with Crippen molar-refractivity contribution in [1.29, 1.82) is 0 Å². The van der Waals surface area contributed by atoms with Crippen molar-refractivity contribution in [3.8, 4) is 0 Å². The number of rotatable bonds is 70. The molecule has 0 rings (SSSR count). The van der Waals surface area contributed by atoms with E-state index >= 15 is 0 Å². The summed E-state index contributed by atoms with van der Waals surface area (Å²) in [5, 5.41) is 10.6. The van der Waals surface area contributed by atoms with Gasteiger partial charge in [-0.25, -0.2) is 9.13 Å². The van der Waals surface area contributed by atoms with Crippen molar-refractivity contribution in [2.75, 3.05) is 39.6 Å². The zero-order valence-corrected chi connectivity index (χ0v) is 62.0. The second-order valence-corrected chi connectivity index (χ2v) is 30.4. The molecule has 0 aromatic carbocycles. The molecule has 0 aliphatic rings. The molecule has 17 nitrogen and oxygen atoms in total. The Hall–Kier alpha value is -1.94. The highest BCUT2D eigenvalue weighted by Gasteiger charge is 2.30. The van der Waals surface area contributed by atoms with Crippen molar-refractivity contribution in [3.63, 3.8) is 0 Å². The Morgan fingerprint density at radius 1 is 0.304 bits per heavy atom. The van der Waals surface area contributed by atoms with Crippen molar-refractivity contribution in [2.45, 2.75) is 382 Å². The number of hydrogen-bond acceptors (Lipinski definition) is 15. The van der Waals surface area contributed by atoms with E-state index < -0.39 is 97.5 Å². The lowest BCUT2D eigenvalue weighted by molar-refractivity contribution is -0.161. The Labute approximate surface area is 562 Å². The van der Waals surface area contributed by atoms with Crippen LogP contribution in [0.4, 0.5) is 0 Å². The van der Waals surface area contributed by atoms with Gasteiger partial charge in [0.15, 0.2) is 12.2 Å². The predicted octanol–water partition coefficient (Wildman–Crippen LogP) is 20.9. The molecule has 0 bridgehead atoms. The van der Waals surface area contributed by atoms with Gasteiger partial charge in [-0.15, -0.1) is 0 Å². The Balaban J connectivity index is 5.21. The largest absolute Gasteiger partial charge is 0.472 e. The minimum atomic E-state index is -4.95. The van der Waals surface area contributed by atoms with Gasteiger partial charge in [-0.05, 0) is 49.4 Å². The molecule has 0 aromatic rings. The van der Waals surface area contributed by atoms with Gasteiger partial charge < -0.3 is 33.8 Å². The van der Waals surface area contributed by atoms with E-state index in [-0.39, 0.29) is 25.7 Å². The number of carbonyl (C=O) groups is 4. The summed E-state index contributed by atoms with van der Waals surface area (Å²) < 4.78 is 68.4. The zero-order valence-electron chi connectivity index (χ0n) is 60.2. The van der Waals surface area contributed by atoms with Crippen LogP contribution in [0.2, 0.25) is 0 Å². The summed E-state index contributed by atoms with van der Waals surface area (Å²) in [6.45, 7) is 14.1. The number of carbonyl (C=O) groups excluding carboxylic acids is 4. The molecule has 0 spiro atoms. The van der Waals surface area contributed by atoms with Gasteiger partial charge in [-0.3, -0.25) is 37.3 Å². The molecule has 0 radical (unpaired) electrons. The first kappa shape index (κ1) is 90.1. The minimum Gasteiger partial charge on any atom is -0.462 e. The normalized spacial score (nSPS) is 15.1. The lowest BCUT2D eigenvalue weighted by atomic mass is 9.99. The van der Waals surface area contributed by atoms with Crippen LogP contribution in [-0.4, -0.2) is 96.7 Å². The van der Waals surface area contributed by atoms with Crippen LogP contribution in [0.5, 0.6) is 0 Å². The molecule has 0 amide bonds. The third-order valence-corrected chi connectivity index (χ3v) is 19.8. The maximum atomic E-state index is 13.0. The first-order valence-electron chi connectivity index (χ1n) is 37.8. The second kappa shape index (κ2) is 62.6. The molecule has 5 unspecified atom stereocenters. The number of phosphoric acid groups is 2. The van der Waals surface area contributed by atoms with Crippen LogP contribution in [0.15, 0.2) is 0 Å². The molecule has 92 heavy (non-hydrogen) atoms. The molecule has 0 heterocycles. The maximum absolute atomic E-state index is 13.0. The van der Waals surface area contributed by atoms with E-state index in [4.69, 9.17) is 37.0 Å². The Morgan fingerprint density at radius 3 is 0.772 bits per heavy atom. The number of hydrogen-bond donors (Lipinski definition) is 3. The van der Waals surface area contributed by atoms with Crippen molar-refractivity contribution in [3.05, 3.63) is 0 Å². The van der Waals surface area contributed by atoms with E-state index in [9.17, 15) is 43.2 Å². The maximum Gasteiger partial charge on any atom is 0.472 e. The first-order chi connectivity index (χ1) is 44.2. The van der Waals surface area contributed by atoms with E-state index in [1.807, 2.05) is 0 Å². The monoisotopic (exact) mass is 1350 g/mol. The molecular weight excluding hydrogens is 1210 g/mol. The van der Waals surface area contributed by atoms with Crippen LogP contribution in [-0.2, 0) is 65.4 Å². The molecule has 0 aliphatic heterocycles. The zero-order chi connectivity index (χ0) is 68.2. The molecule has 8 atom stereocenters. The molecule has 0 fully saturated rings. The molecule has 0 saturated carbocycles. The van der Waals surface area contributed by atoms with Crippen LogP contribution in [0.3, 0.4) is 0 Å². The van der Waals surface area contributed by atoms with Gasteiger partial charge in [0.05, 0.1) is 26.4 Å². The van der Waals surface area contributed by atoms with Gasteiger partial charge in [-0.2, -0.15) is 0 Å². The molecule has 3 N–H and O–H groups in total. The Morgan fingerprint density at radius 2 is 0.522 bits per heavy atom. The number of ether oxygens (including phenoxy) is 4.